The molecule has 0 spiro atoms. The zero-order chi connectivity index (χ0) is 10.1. The maximum atomic E-state index is 13.1. The van der Waals surface area contributed by atoms with Crippen molar-refractivity contribution in [3.05, 3.63) is 28.5 Å². The van der Waals surface area contributed by atoms with Gasteiger partial charge in [-0.25, -0.2) is 4.39 Å². The quantitative estimate of drug-likeness (QED) is 0.778. The third-order valence-corrected chi connectivity index (χ3v) is 2.73. The summed E-state index contributed by atoms with van der Waals surface area (Å²) in [5.74, 6) is 0.166. The third-order valence-electron chi connectivity index (χ3n) is 2.44. The summed E-state index contributed by atoms with van der Waals surface area (Å²) in [5, 5.41) is 3.29. The fraction of sp³-hybridized carbons (Fsp3) is 0.400. The van der Waals surface area contributed by atoms with Crippen molar-refractivity contribution >= 4 is 11.6 Å². The Labute approximate surface area is 87.0 Å². The standard InChI is InChI=1S/C10H11ClFNO/c1-13-9-2-3-14-10-5-8(12)7(11)4-6(9)10/h4-5,9,13H,2-3H2,1H3. The van der Waals surface area contributed by atoms with E-state index in [2.05, 4.69) is 5.32 Å². The molecule has 0 bridgehead atoms. The Morgan fingerprint density at radius 3 is 3.07 bits per heavy atom. The first kappa shape index (κ1) is 9.74. The van der Waals surface area contributed by atoms with Crippen molar-refractivity contribution in [3.8, 4) is 5.75 Å². The Balaban J connectivity index is 2.47. The lowest BCUT2D eigenvalue weighted by molar-refractivity contribution is 0.256. The molecule has 1 atom stereocenters. The third kappa shape index (κ3) is 1.57. The van der Waals surface area contributed by atoms with Gasteiger partial charge in [0, 0.05) is 24.1 Å². The number of hydrogen-bond acceptors (Lipinski definition) is 2. The second kappa shape index (κ2) is 3.75. The van der Waals surface area contributed by atoms with Gasteiger partial charge in [-0.2, -0.15) is 0 Å². The molecule has 1 aromatic rings. The van der Waals surface area contributed by atoms with E-state index >= 15 is 0 Å². The predicted octanol–water partition coefficient (Wildman–Crippen LogP) is 2.52. The summed E-state index contributed by atoms with van der Waals surface area (Å²) in [7, 11) is 1.87. The molecule has 1 unspecified atom stereocenters. The average Bonchev–Trinajstić information content (AvgIpc) is 2.19. The van der Waals surface area contributed by atoms with Gasteiger partial charge in [-0.15, -0.1) is 0 Å². The van der Waals surface area contributed by atoms with Gasteiger partial charge in [0.1, 0.15) is 11.6 Å². The number of benzene rings is 1. The normalized spacial score (nSPS) is 20.1. The lowest BCUT2D eigenvalue weighted by Crippen LogP contribution is -2.24. The van der Waals surface area contributed by atoms with Gasteiger partial charge in [-0.1, -0.05) is 11.6 Å². The van der Waals surface area contributed by atoms with Crippen LogP contribution in [0.5, 0.6) is 5.75 Å². The van der Waals surface area contributed by atoms with Crippen LogP contribution in [0.1, 0.15) is 18.0 Å². The Morgan fingerprint density at radius 1 is 1.57 bits per heavy atom. The van der Waals surface area contributed by atoms with E-state index in [0.29, 0.717) is 12.4 Å². The van der Waals surface area contributed by atoms with Crippen LogP contribution in [0.25, 0.3) is 0 Å². The molecule has 2 rings (SSSR count). The number of fused-ring (bicyclic) bond motifs is 1. The fourth-order valence-electron chi connectivity index (χ4n) is 1.68. The number of nitrogens with one attached hydrogen (secondary N) is 1. The predicted molar refractivity (Wildman–Crippen MR) is 53.3 cm³/mol. The lowest BCUT2D eigenvalue weighted by atomic mass is 10.0. The fourth-order valence-corrected chi connectivity index (χ4v) is 1.86. The SMILES string of the molecule is CNC1CCOc2cc(F)c(Cl)cc21. The molecule has 0 aliphatic carbocycles. The van der Waals surface area contributed by atoms with E-state index in [1.165, 1.54) is 6.07 Å². The van der Waals surface area contributed by atoms with Gasteiger partial charge >= 0.3 is 0 Å². The molecule has 1 aliphatic heterocycles. The second-order valence-electron chi connectivity index (χ2n) is 3.28. The summed E-state index contributed by atoms with van der Waals surface area (Å²) < 4.78 is 18.5. The highest BCUT2D eigenvalue weighted by Crippen LogP contribution is 2.35. The van der Waals surface area contributed by atoms with E-state index in [0.717, 1.165) is 12.0 Å². The molecule has 0 saturated heterocycles. The van der Waals surface area contributed by atoms with E-state index in [-0.39, 0.29) is 11.1 Å². The number of halogens is 2. The van der Waals surface area contributed by atoms with Crippen molar-refractivity contribution in [3.63, 3.8) is 0 Å². The van der Waals surface area contributed by atoms with Gasteiger partial charge < -0.3 is 10.1 Å². The zero-order valence-corrected chi connectivity index (χ0v) is 8.57. The molecule has 0 amide bonds. The molecule has 1 N–H and O–H groups in total. The minimum atomic E-state index is -0.429. The molecule has 76 valence electrons. The van der Waals surface area contributed by atoms with Crippen LogP contribution in [0.2, 0.25) is 5.02 Å². The molecule has 1 aliphatic rings. The largest absolute Gasteiger partial charge is 0.493 e. The molecular formula is C10H11ClFNO. The van der Waals surface area contributed by atoms with E-state index in [1.54, 1.807) is 6.07 Å². The van der Waals surface area contributed by atoms with Crippen LogP contribution in [0.15, 0.2) is 12.1 Å². The molecule has 14 heavy (non-hydrogen) atoms. The van der Waals surface area contributed by atoms with Crippen LogP contribution in [-0.2, 0) is 0 Å². The first-order chi connectivity index (χ1) is 6.72. The first-order valence-electron chi connectivity index (χ1n) is 4.51. The summed E-state index contributed by atoms with van der Waals surface area (Å²) in [6.45, 7) is 0.611. The highest BCUT2D eigenvalue weighted by atomic mass is 35.5. The van der Waals surface area contributed by atoms with Crippen LogP contribution in [-0.4, -0.2) is 13.7 Å². The number of ether oxygens (including phenoxy) is 1. The van der Waals surface area contributed by atoms with Gasteiger partial charge in [0.25, 0.3) is 0 Å². The molecule has 2 nitrogen and oxygen atoms in total. The molecule has 4 heteroatoms. The van der Waals surface area contributed by atoms with Crippen molar-refractivity contribution in [2.24, 2.45) is 0 Å². The monoisotopic (exact) mass is 215 g/mol. The van der Waals surface area contributed by atoms with Crippen LogP contribution in [0.4, 0.5) is 4.39 Å². The Kier molecular flexibility index (Phi) is 2.61. The maximum Gasteiger partial charge on any atom is 0.145 e. The van der Waals surface area contributed by atoms with Crippen molar-refractivity contribution in [1.29, 1.82) is 0 Å². The Morgan fingerprint density at radius 2 is 2.36 bits per heavy atom. The van der Waals surface area contributed by atoms with E-state index in [1.807, 2.05) is 7.05 Å². The van der Waals surface area contributed by atoms with Crippen molar-refractivity contribution < 1.29 is 9.13 Å². The van der Waals surface area contributed by atoms with Gasteiger partial charge in [0.05, 0.1) is 11.6 Å². The number of hydrogen-bond donors (Lipinski definition) is 1. The summed E-state index contributed by atoms with van der Waals surface area (Å²) in [5.41, 5.74) is 0.935. The number of rotatable bonds is 1. The molecule has 1 heterocycles. The van der Waals surface area contributed by atoms with Gasteiger partial charge in [-0.3, -0.25) is 0 Å². The Hall–Kier alpha value is -0.800. The maximum absolute atomic E-state index is 13.1. The molecule has 0 radical (unpaired) electrons. The van der Waals surface area contributed by atoms with Gasteiger partial charge in [-0.05, 0) is 13.1 Å². The van der Waals surface area contributed by atoms with Crippen molar-refractivity contribution in [1.82, 2.24) is 5.32 Å². The molecule has 0 fully saturated rings. The van der Waals surface area contributed by atoms with Crippen LogP contribution < -0.4 is 10.1 Å². The highest BCUT2D eigenvalue weighted by molar-refractivity contribution is 6.30. The summed E-state index contributed by atoms with van der Waals surface area (Å²) >= 11 is 5.71. The summed E-state index contributed by atoms with van der Waals surface area (Å²) in [6, 6.07) is 3.19. The molecule has 0 saturated carbocycles. The van der Waals surface area contributed by atoms with Crippen LogP contribution in [0.3, 0.4) is 0 Å². The van der Waals surface area contributed by atoms with E-state index < -0.39 is 5.82 Å². The molecular weight excluding hydrogens is 205 g/mol. The first-order valence-corrected chi connectivity index (χ1v) is 4.89. The van der Waals surface area contributed by atoms with E-state index in [4.69, 9.17) is 16.3 Å². The topological polar surface area (TPSA) is 21.3 Å². The van der Waals surface area contributed by atoms with Gasteiger partial charge in [0.2, 0.25) is 0 Å². The summed E-state index contributed by atoms with van der Waals surface area (Å²) in [4.78, 5) is 0. The van der Waals surface area contributed by atoms with E-state index in [9.17, 15) is 4.39 Å². The minimum Gasteiger partial charge on any atom is -0.493 e. The smallest absolute Gasteiger partial charge is 0.145 e. The molecule has 1 aromatic carbocycles. The van der Waals surface area contributed by atoms with Crippen LogP contribution >= 0.6 is 11.6 Å². The highest BCUT2D eigenvalue weighted by Gasteiger charge is 2.21. The minimum absolute atomic E-state index is 0.148. The lowest BCUT2D eigenvalue weighted by Gasteiger charge is -2.25. The van der Waals surface area contributed by atoms with Gasteiger partial charge in [0.15, 0.2) is 0 Å². The second-order valence-corrected chi connectivity index (χ2v) is 3.69. The van der Waals surface area contributed by atoms with Crippen LogP contribution in [0, 0.1) is 5.82 Å². The zero-order valence-electron chi connectivity index (χ0n) is 7.81. The molecule has 0 aromatic heterocycles. The summed E-state index contributed by atoms with van der Waals surface area (Å²) in [6.07, 6.45) is 0.880. The van der Waals surface area contributed by atoms with Crippen molar-refractivity contribution in [2.75, 3.05) is 13.7 Å². The Bertz CT molecular complexity index is 356. The average molecular weight is 216 g/mol. The van der Waals surface area contributed by atoms with Crippen molar-refractivity contribution in [2.45, 2.75) is 12.5 Å².